The molecule has 3 N–H and O–H groups in total. The van der Waals surface area contributed by atoms with E-state index in [9.17, 15) is 19.5 Å². The van der Waals surface area contributed by atoms with E-state index < -0.39 is 23.8 Å². The fourth-order valence-electron chi connectivity index (χ4n) is 3.47. The van der Waals surface area contributed by atoms with E-state index in [2.05, 4.69) is 0 Å². The topological polar surface area (TPSA) is 101 Å². The Labute approximate surface area is 174 Å². The van der Waals surface area contributed by atoms with E-state index in [0.717, 1.165) is 42.7 Å². The first-order valence-corrected chi connectivity index (χ1v) is 10.8. The number of aliphatic carboxylic acids is 1. The second kappa shape index (κ2) is 14.7. The van der Waals surface area contributed by atoms with Gasteiger partial charge in [-0.2, -0.15) is 0 Å². The van der Waals surface area contributed by atoms with E-state index in [1.807, 2.05) is 18.2 Å². The molecule has 6 heteroatoms. The highest BCUT2D eigenvalue weighted by molar-refractivity contribution is 5.98. The Kier molecular flexibility index (Phi) is 12.6. The molecular weight excluding hydrogens is 368 g/mol. The van der Waals surface area contributed by atoms with Crippen LogP contribution in [0.4, 0.5) is 0 Å². The predicted octanol–water partition coefficient (Wildman–Crippen LogP) is 3.92. The molecule has 1 rings (SSSR count). The van der Waals surface area contributed by atoms with Crippen LogP contribution in [0.25, 0.3) is 0 Å². The summed E-state index contributed by atoms with van der Waals surface area (Å²) in [7, 11) is 0. The van der Waals surface area contributed by atoms with Crippen LogP contribution in [0.15, 0.2) is 30.3 Å². The number of benzene rings is 1. The number of nitrogens with two attached hydrogens (primary N) is 1. The van der Waals surface area contributed by atoms with Crippen LogP contribution >= 0.6 is 0 Å². The summed E-state index contributed by atoms with van der Waals surface area (Å²) >= 11 is 0. The second-order valence-corrected chi connectivity index (χ2v) is 7.55. The monoisotopic (exact) mass is 404 g/mol. The highest BCUT2D eigenvalue weighted by Gasteiger charge is 2.32. The zero-order chi connectivity index (χ0) is 21.5. The SMILES string of the molecule is CC(=O)N(C(=O)CCCCCCCCCCCN)[C@@H](Cc1ccccc1)C(=O)O. The van der Waals surface area contributed by atoms with Crippen molar-refractivity contribution in [2.75, 3.05) is 6.54 Å². The van der Waals surface area contributed by atoms with Gasteiger partial charge in [0.2, 0.25) is 11.8 Å². The molecular formula is C23H36N2O4. The number of carboxylic acid groups (broad SMARTS) is 1. The average Bonchev–Trinajstić information content (AvgIpc) is 2.69. The van der Waals surface area contributed by atoms with Crippen LogP contribution in [0.3, 0.4) is 0 Å². The maximum Gasteiger partial charge on any atom is 0.327 e. The number of rotatable bonds is 15. The molecule has 6 nitrogen and oxygen atoms in total. The molecule has 0 aromatic heterocycles. The van der Waals surface area contributed by atoms with Gasteiger partial charge in [0.25, 0.3) is 0 Å². The molecule has 1 aromatic rings. The largest absolute Gasteiger partial charge is 0.480 e. The van der Waals surface area contributed by atoms with Crippen molar-refractivity contribution in [2.45, 2.75) is 83.6 Å². The minimum atomic E-state index is -1.17. The smallest absolute Gasteiger partial charge is 0.327 e. The summed E-state index contributed by atoms with van der Waals surface area (Å²) in [4.78, 5) is 37.3. The molecule has 0 spiro atoms. The normalized spacial score (nSPS) is 11.8. The lowest BCUT2D eigenvalue weighted by Crippen LogP contribution is -2.48. The van der Waals surface area contributed by atoms with Gasteiger partial charge >= 0.3 is 5.97 Å². The molecule has 0 heterocycles. The van der Waals surface area contributed by atoms with E-state index in [-0.39, 0.29) is 12.8 Å². The average molecular weight is 405 g/mol. The molecule has 0 saturated carbocycles. The number of hydrogen-bond donors (Lipinski definition) is 2. The Morgan fingerprint density at radius 3 is 1.90 bits per heavy atom. The van der Waals surface area contributed by atoms with Crippen molar-refractivity contribution < 1.29 is 19.5 Å². The van der Waals surface area contributed by atoms with Gasteiger partial charge in [0.05, 0.1) is 0 Å². The Bertz CT molecular complexity index is 619. The van der Waals surface area contributed by atoms with Crippen molar-refractivity contribution in [3.63, 3.8) is 0 Å². The molecule has 0 radical (unpaired) electrons. The van der Waals surface area contributed by atoms with Crippen molar-refractivity contribution >= 4 is 17.8 Å². The lowest BCUT2D eigenvalue weighted by atomic mass is 10.0. The first-order chi connectivity index (χ1) is 14.0. The van der Waals surface area contributed by atoms with Crippen molar-refractivity contribution in [1.82, 2.24) is 4.90 Å². The van der Waals surface area contributed by atoms with Crippen LogP contribution in [0.1, 0.15) is 76.7 Å². The molecule has 29 heavy (non-hydrogen) atoms. The van der Waals surface area contributed by atoms with Gasteiger partial charge in [-0.05, 0) is 24.9 Å². The van der Waals surface area contributed by atoms with Gasteiger partial charge in [-0.15, -0.1) is 0 Å². The molecule has 0 aliphatic rings. The summed E-state index contributed by atoms with van der Waals surface area (Å²) in [5, 5.41) is 9.60. The van der Waals surface area contributed by atoms with E-state index in [4.69, 9.17) is 5.73 Å². The van der Waals surface area contributed by atoms with Crippen molar-refractivity contribution in [3.05, 3.63) is 35.9 Å². The van der Waals surface area contributed by atoms with Crippen molar-refractivity contribution in [2.24, 2.45) is 5.73 Å². The number of hydrogen-bond acceptors (Lipinski definition) is 4. The molecule has 0 fully saturated rings. The van der Waals surface area contributed by atoms with E-state index in [1.54, 1.807) is 12.1 Å². The molecule has 0 saturated heterocycles. The molecule has 0 bridgehead atoms. The van der Waals surface area contributed by atoms with E-state index in [0.29, 0.717) is 6.42 Å². The van der Waals surface area contributed by atoms with Gasteiger partial charge in [-0.25, -0.2) is 4.79 Å². The molecule has 2 amide bonds. The fourth-order valence-corrected chi connectivity index (χ4v) is 3.47. The third kappa shape index (κ3) is 10.2. The number of nitrogens with zero attached hydrogens (tertiary/aromatic N) is 1. The summed E-state index contributed by atoms with van der Waals surface area (Å²) in [5.74, 6) is -2.08. The van der Waals surface area contributed by atoms with Crippen molar-refractivity contribution in [1.29, 1.82) is 0 Å². The maximum atomic E-state index is 12.6. The zero-order valence-electron chi connectivity index (χ0n) is 17.6. The third-order valence-corrected chi connectivity index (χ3v) is 5.07. The standard InChI is InChI=1S/C23H36N2O4/c1-19(26)25(21(23(28)29)18-20-14-10-9-11-15-20)22(27)16-12-7-5-3-2-4-6-8-13-17-24/h9-11,14-15,21H,2-8,12-13,16-18,24H2,1H3,(H,28,29)/t21-/m0/s1. The number of amides is 2. The van der Waals surface area contributed by atoms with E-state index in [1.165, 1.54) is 32.6 Å². The quantitative estimate of drug-likeness (QED) is 0.432. The Morgan fingerprint density at radius 1 is 0.897 bits per heavy atom. The van der Waals surface area contributed by atoms with Gasteiger partial charge < -0.3 is 10.8 Å². The van der Waals surface area contributed by atoms with Crippen LogP contribution in [-0.2, 0) is 20.8 Å². The number of imide groups is 1. The summed E-state index contributed by atoms with van der Waals surface area (Å²) in [5.41, 5.74) is 6.26. The van der Waals surface area contributed by atoms with Crippen LogP contribution < -0.4 is 5.73 Å². The third-order valence-electron chi connectivity index (χ3n) is 5.07. The number of carbonyl (C=O) groups excluding carboxylic acids is 2. The lowest BCUT2D eigenvalue weighted by molar-refractivity contribution is -0.157. The Balaban J connectivity index is 2.42. The summed E-state index contributed by atoms with van der Waals surface area (Å²) in [6.45, 7) is 2.02. The first kappa shape index (κ1) is 24.8. The highest BCUT2D eigenvalue weighted by Crippen LogP contribution is 2.15. The van der Waals surface area contributed by atoms with Crippen molar-refractivity contribution in [3.8, 4) is 0 Å². The molecule has 0 aliphatic carbocycles. The van der Waals surface area contributed by atoms with Gasteiger partial charge in [0.1, 0.15) is 6.04 Å². The molecule has 0 aliphatic heterocycles. The zero-order valence-corrected chi connectivity index (χ0v) is 17.6. The predicted molar refractivity (Wildman–Crippen MR) is 114 cm³/mol. The summed E-state index contributed by atoms with van der Waals surface area (Å²) in [6.07, 6.45) is 10.0. The number of unbranched alkanes of at least 4 members (excludes halogenated alkanes) is 8. The fraction of sp³-hybridized carbons (Fsp3) is 0.609. The highest BCUT2D eigenvalue weighted by atomic mass is 16.4. The van der Waals surface area contributed by atoms with Crippen LogP contribution in [-0.4, -0.2) is 40.4 Å². The molecule has 1 atom stereocenters. The van der Waals surface area contributed by atoms with Crippen LogP contribution in [0.5, 0.6) is 0 Å². The second-order valence-electron chi connectivity index (χ2n) is 7.55. The van der Waals surface area contributed by atoms with E-state index >= 15 is 0 Å². The Hall–Kier alpha value is -2.21. The van der Waals surface area contributed by atoms with Gasteiger partial charge in [-0.1, -0.05) is 75.3 Å². The minimum absolute atomic E-state index is 0.117. The number of carboxylic acids is 1. The molecule has 1 aromatic carbocycles. The first-order valence-electron chi connectivity index (χ1n) is 10.8. The lowest BCUT2D eigenvalue weighted by Gasteiger charge is -2.26. The van der Waals surface area contributed by atoms with Gasteiger partial charge in [0, 0.05) is 19.8 Å². The summed E-state index contributed by atoms with van der Waals surface area (Å²) < 4.78 is 0. The molecule has 0 unspecified atom stereocenters. The van der Waals surface area contributed by atoms with Crippen LogP contribution in [0, 0.1) is 0 Å². The minimum Gasteiger partial charge on any atom is -0.480 e. The summed E-state index contributed by atoms with van der Waals surface area (Å²) in [6, 6.07) is 7.89. The Morgan fingerprint density at radius 2 is 1.41 bits per heavy atom. The van der Waals surface area contributed by atoms with Crippen LogP contribution in [0.2, 0.25) is 0 Å². The van der Waals surface area contributed by atoms with Gasteiger partial charge in [0.15, 0.2) is 0 Å². The number of carbonyl (C=O) groups is 3. The molecule has 162 valence electrons. The van der Waals surface area contributed by atoms with Gasteiger partial charge in [-0.3, -0.25) is 14.5 Å². The maximum absolute atomic E-state index is 12.6.